The number of carboxylic acid groups (broad SMARTS) is 1. The molecule has 3 amide bonds. The van der Waals surface area contributed by atoms with Gasteiger partial charge in [0.05, 0.1) is 23.1 Å². The highest BCUT2D eigenvalue weighted by molar-refractivity contribution is 9.12. The van der Waals surface area contributed by atoms with E-state index in [9.17, 15) is 19.2 Å². The summed E-state index contributed by atoms with van der Waals surface area (Å²) in [5.74, 6) is -2.60. The van der Waals surface area contributed by atoms with Crippen LogP contribution in [0.3, 0.4) is 0 Å². The lowest BCUT2D eigenvalue weighted by atomic mass is 9.81. The Morgan fingerprint density at radius 3 is 2.03 bits per heavy atom. The summed E-state index contributed by atoms with van der Waals surface area (Å²) in [5, 5.41) is 11.7. The number of nitrogens with one attached hydrogen (secondary N) is 1. The summed E-state index contributed by atoms with van der Waals surface area (Å²) in [6.45, 7) is 0. The van der Waals surface area contributed by atoms with Crippen molar-refractivity contribution in [2.24, 2.45) is 11.8 Å². The van der Waals surface area contributed by atoms with Crippen molar-refractivity contribution in [1.82, 2.24) is 0 Å². The molecule has 0 spiro atoms. The third-order valence-corrected chi connectivity index (χ3v) is 8.40. The Morgan fingerprint density at radius 2 is 1.48 bits per heavy atom. The lowest BCUT2D eigenvalue weighted by Gasteiger charge is -2.29. The number of aromatic carboxylic acids is 1. The van der Waals surface area contributed by atoms with Gasteiger partial charge in [-0.2, -0.15) is 0 Å². The third-order valence-electron chi connectivity index (χ3n) is 5.67. The lowest BCUT2D eigenvalue weighted by Crippen LogP contribution is -2.34. The number of benzene rings is 2. The number of imide groups is 1. The van der Waals surface area contributed by atoms with Gasteiger partial charge in [-0.15, -0.1) is 0 Å². The van der Waals surface area contributed by atoms with Crippen LogP contribution in [-0.4, -0.2) is 38.5 Å². The van der Waals surface area contributed by atoms with Gasteiger partial charge >= 0.3 is 5.97 Å². The summed E-state index contributed by atoms with van der Waals surface area (Å²) in [7, 11) is 0. The second-order valence-corrected chi connectivity index (χ2v) is 9.97. The zero-order valence-electron chi connectivity index (χ0n) is 16.1. The fourth-order valence-corrected chi connectivity index (χ4v) is 5.28. The zero-order valence-corrected chi connectivity index (χ0v) is 19.3. The second-order valence-electron chi connectivity index (χ2n) is 7.62. The molecule has 2 fully saturated rings. The molecule has 2 N–H and O–H groups in total. The van der Waals surface area contributed by atoms with Crippen molar-refractivity contribution in [3.05, 3.63) is 59.7 Å². The number of nitrogens with zero attached hydrogens (tertiary/aromatic N) is 1. The molecule has 2 aromatic carbocycles. The first kappa shape index (κ1) is 21.7. The average molecular weight is 550 g/mol. The number of rotatable bonds is 4. The number of alkyl halides is 2. The highest BCUT2D eigenvalue weighted by Crippen LogP contribution is 2.44. The fourth-order valence-electron chi connectivity index (χ4n) is 4.04. The van der Waals surface area contributed by atoms with Gasteiger partial charge in [-0.05, 0) is 55.3 Å². The van der Waals surface area contributed by atoms with Gasteiger partial charge < -0.3 is 10.4 Å². The van der Waals surface area contributed by atoms with Gasteiger partial charge in [-0.3, -0.25) is 19.3 Å². The van der Waals surface area contributed by atoms with Gasteiger partial charge in [-0.25, -0.2) is 4.79 Å². The first-order valence-corrected chi connectivity index (χ1v) is 11.5. The first-order chi connectivity index (χ1) is 14.8. The standard InChI is InChI=1S/C22H18Br2N2O5/c23-17-9-15-16(10-18(17)24)21(29)26(20(15)28)14-6-4-11(5-7-14)19(27)25-13-3-1-2-12(8-13)22(30)31/h1-8,15-18H,9-10H2,(H,25,27)(H,30,31)/t15-,16+,17-,18-/m0/s1. The smallest absolute Gasteiger partial charge is 0.335 e. The molecular formula is C22H18Br2N2O5. The van der Waals surface area contributed by atoms with Crippen molar-refractivity contribution < 1.29 is 24.3 Å². The van der Waals surface area contributed by atoms with Crippen molar-refractivity contribution in [2.75, 3.05) is 10.2 Å². The van der Waals surface area contributed by atoms with Crippen molar-refractivity contribution in [1.29, 1.82) is 0 Å². The maximum Gasteiger partial charge on any atom is 0.335 e. The van der Waals surface area contributed by atoms with Crippen molar-refractivity contribution >= 4 is 66.9 Å². The molecule has 160 valence electrons. The van der Waals surface area contributed by atoms with Crippen LogP contribution < -0.4 is 10.2 Å². The van der Waals surface area contributed by atoms with E-state index >= 15 is 0 Å². The van der Waals surface area contributed by atoms with Gasteiger partial charge in [0.25, 0.3) is 5.91 Å². The van der Waals surface area contributed by atoms with Gasteiger partial charge in [0.15, 0.2) is 0 Å². The predicted octanol–water partition coefficient (Wildman–Crippen LogP) is 4.06. The number of carboxylic acids is 1. The Balaban J connectivity index is 1.50. The first-order valence-electron chi connectivity index (χ1n) is 9.67. The zero-order chi connectivity index (χ0) is 22.3. The van der Waals surface area contributed by atoms with Gasteiger partial charge in [-0.1, -0.05) is 37.9 Å². The van der Waals surface area contributed by atoms with Crippen molar-refractivity contribution in [2.45, 2.75) is 22.5 Å². The van der Waals surface area contributed by atoms with E-state index in [1.54, 1.807) is 24.3 Å². The van der Waals surface area contributed by atoms with E-state index in [-0.39, 0.29) is 38.9 Å². The quantitative estimate of drug-likeness (QED) is 0.442. The molecule has 1 aliphatic heterocycles. The molecule has 4 atom stereocenters. The van der Waals surface area contributed by atoms with E-state index in [4.69, 9.17) is 5.11 Å². The Hall–Kier alpha value is -2.52. The maximum atomic E-state index is 12.9. The Kier molecular flexibility index (Phi) is 5.98. The molecule has 0 unspecified atom stereocenters. The van der Waals surface area contributed by atoms with Crippen LogP contribution in [-0.2, 0) is 9.59 Å². The van der Waals surface area contributed by atoms with Crippen LogP contribution in [0.2, 0.25) is 0 Å². The number of hydrogen-bond acceptors (Lipinski definition) is 4. The SMILES string of the molecule is O=C(O)c1cccc(NC(=O)c2ccc(N3C(=O)[C@H]4C[C@H](Br)[C@@H](Br)C[C@H]4C3=O)cc2)c1. The molecular weight excluding hydrogens is 532 g/mol. The van der Waals surface area contributed by atoms with E-state index in [1.165, 1.54) is 29.2 Å². The van der Waals surface area contributed by atoms with Gasteiger partial charge in [0, 0.05) is 20.9 Å². The van der Waals surface area contributed by atoms with E-state index in [0.717, 1.165) is 0 Å². The van der Waals surface area contributed by atoms with E-state index in [0.29, 0.717) is 29.8 Å². The highest BCUT2D eigenvalue weighted by Gasteiger charge is 2.52. The molecule has 4 rings (SSSR count). The molecule has 9 heteroatoms. The van der Waals surface area contributed by atoms with Crippen LogP contribution in [0.15, 0.2) is 48.5 Å². The number of fused-ring (bicyclic) bond motifs is 1. The van der Waals surface area contributed by atoms with Crippen molar-refractivity contribution in [3.8, 4) is 0 Å². The number of anilines is 2. The predicted molar refractivity (Wildman–Crippen MR) is 122 cm³/mol. The number of hydrogen-bond donors (Lipinski definition) is 2. The Morgan fingerprint density at radius 1 is 0.903 bits per heavy atom. The number of carbonyl (C=O) groups excluding carboxylic acids is 3. The number of carbonyl (C=O) groups is 4. The molecule has 31 heavy (non-hydrogen) atoms. The van der Waals surface area contributed by atoms with E-state index < -0.39 is 11.9 Å². The Bertz CT molecular complexity index is 1040. The van der Waals surface area contributed by atoms with Gasteiger partial charge in [0.2, 0.25) is 11.8 Å². The van der Waals surface area contributed by atoms with Crippen LogP contribution in [0.5, 0.6) is 0 Å². The molecule has 1 saturated heterocycles. The van der Waals surface area contributed by atoms with Crippen LogP contribution in [0.4, 0.5) is 11.4 Å². The van der Waals surface area contributed by atoms with Crippen LogP contribution in [0.1, 0.15) is 33.6 Å². The topological polar surface area (TPSA) is 104 Å². The second kappa shape index (κ2) is 8.55. The minimum Gasteiger partial charge on any atom is -0.478 e. The number of amides is 3. The summed E-state index contributed by atoms with van der Waals surface area (Å²) >= 11 is 7.15. The lowest BCUT2D eigenvalue weighted by molar-refractivity contribution is -0.122. The molecule has 2 aliphatic rings. The van der Waals surface area contributed by atoms with Crippen LogP contribution >= 0.6 is 31.9 Å². The maximum absolute atomic E-state index is 12.9. The molecule has 7 nitrogen and oxygen atoms in total. The monoisotopic (exact) mass is 548 g/mol. The van der Waals surface area contributed by atoms with E-state index in [2.05, 4.69) is 37.2 Å². The number of halogens is 2. The summed E-state index contributed by atoms with van der Waals surface area (Å²) in [6, 6.07) is 12.2. The van der Waals surface area contributed by atoms with Gasteiger partial charge in [0.1, 0.15) is 0 Å². The summed E-state index contributed by atoms with van der Waals surface area (Å²) in [6.07, 6.45) is 1.19. The largest absolute Gasteiger partial charge is 0.478 e. The van der Waals surface area contributed by atoms with Crippen LogP contribution in [0.25, 0.3) is 0 Å². The minimum atomic E-state index is -1.08. The normalized spacial score (nSPS) is 25.3. The molecule has 1 saturated carbocycles. The molecule has 0 aromatic heterocycles. The molecule has 2 aromatic rings. The third kappa shape index (κ3) is 4.16. The Labute approximate surface area is 195 Å². The summed E-state index contributed by atoms with van der Waals surface area (Å²) < 4.78 is 0. The fraction of sp³-hybridized carbons (Fsp3) is 0.273. The molecule has 1 heterocycles. The summed E-state index contributed by atoms with van der Waals surface area (Å²) in [5.41, 5.74) is 1.18. The van der Waals surface area contributed by atoms with Crippen LogP contribution in [0, 0.1) is 11.8 Å². The summed E-state index contributed by atoms with van der Waals surface area (Å²) in [4.78, 5) is 50.9. The van der Waals surface area contributed by atoms with E-state index in [1.807, 2.05) is 0 Å². The minimum absolute atomic E-state index is 0.0668. The average Bonchev–Trinajstić information content (AvgIpc) is 2.98. The highest BCUT2D eigenvalue weighted by atomic mass is 79.9. The van der Waals surface area contributed by atoms with Crippen molar-refractivity contribution in [3.63, 3.8) is 0 Å². The molecule has 0 radical (unpaired) electrons. The molecule has 1 aliphatic carbocycles. The molecule has 0 bridgehead atoms.